The maximum absolute atomic E-state index is 12.9. The summed E-state index contributed by atoms with van der Waals surface area (Å²) in [6.45, 7) is 4.53. The summed E-state index contributed by atoms with van der Waals surface area (Å²) >= 11 is 0. The Morgan fingerprint density at radius 1 is 1.05 bits per heavy atom. The number of benzene rings is 2. The second kappa shape index (κ2) is 12.7. The number of nitriles is 1. The monoisotopic (exact) mass is 580 g/mol. The van der Waals surface area contributed by atoms with Gasteiger partial charge in [-0.05, 0) is 70.3 Å². The van der Waals surface area contributed by atoms with E-state index in [9.17, 15) is 10.4 Å². The van der Waals surface area contributed by atoms with Crippen LogP contribution in [-0.2, 0) is 5.60 Å². The molecule has 0 saturated heterocycles. The summed E-state index contributed by atoms with van der Waals surface area (Å²) in [5.41, 5.74) is 1.85. The van der Waals surface area contributed by atoms with Crippen molar-refractivity contribution in [1.29, 1.82) is 5.26 Å². The van der Waals surface area contributed by atoms with Gasteiger partial charge in [-0.1, -0.05) is 18.2 Å². The van der Waals surface area contributed by atoms with Crippen molar-refractivity contribution in [1.82, 2.24) is 14.9 Å². The van der Waals surface area contributed by atoms with Crippen molar-refractivity contribution in [2.24, 2.45) is 0 Å². The number of hydrogen-bond donors (Lipinski definition) is 1. The van der Waals surface area contributed by atoms with Crippen molar-refractivity contribution in [3.63, 3.8) is 0 Å². The first-order chi connectivity index (χ1) is 20.7. The maximum Gasteiger partial charge on any atom is 0.217 e. The molecule has 0 aliphatic carbocycles. The van der Waals surface area contributed by atoms with Crippen LogP contribution in [0.2, 0.25) is 0 Å². The molecular weight excluding hydrogens is 544 g/mol. The van der Waals surface area contributed by atoms with E-state index in [1.807, 2.05) is 81.4 Å². The van der Waals surface area contributed by atoms with Gasteiger partial charge in [-0.2, -0.15) is 10.2 Å². The van der Waals surface area contributed by atoms with Gasteiger partial charge in [0, 0.05) is 35.0 Å². The molecule has 0 fully saturated rings. The summed E-state index contributed by atoms with van der Waals surface area (Å²) in [5, 5.41) is 23.9. The standard InChI is InChI=1S/C34H36N4O5/c1-22(2)43-32-18-25(17-31(37-32)40-5)29(21-42-27-16-26-15-23(19-35)9-10-30(26)36-20-27)34(39,12-13-38(3)4)28-8-6-7-24-11-14-41-33(24)28/h6-11,14-18,20,22,29,39H,12-13,21H2,1-5H3. The Balaban J connectivity index is 1.64. The van der Waals surface area contributed by atoms with Gasteiger partial charge in [0.25, 0.3) is 0 Å². The summed E-state index contributed by atoms with van der Waals surface area (Å²) < 4.78 is 23.9. The number of ether oxygens (including phenoxy) is 3. The predicted octanol–water partition coefficient (Wildman–Crippen LogP) is 6.05. The SMILES string of the molecule is COc1cc(C(COc2cnc3ccc(C#N)cc3c2)C(O)(CCN(C)C)c2cccc3ccoc23)cc(OC(C)C)n1. The Morgan fingerprint density at radius 2 is 1.86 bits per heavy atom. The minimum absolute atomic E-state index is 0.0838. The number of nitrogens with zero attached hydrogens (tertiary/aromatic N) is 4. The third kappa shape index (κ3) is 6.56. The number of rotatable bonds is 12. The number of methoxy groups -OCH3 is 1. The van der Waals surface area contributed by atoms with Gasteiger partial charge >= 0.3 is 0 Å². The van der Waals surface area contributed by atoms with Crippen molar-refractivity contribution < 1.29 is 23.7 Å². The van der Waals surface area contributed by atoms with Crippen LogP contribution in [0.25, 0.3) is 21.9 Å². The predicted molar refractivity (Wildman–Crippen MR) is 165 cm³/mol. The highest BCUT2D eigenvalue weighted by atomic mass is 16.5. The Kier molecular flexibility index (Phi) is 8.81. The molecule has 9 heteroatoms. The molecule has 2 aromatic carbocycles. The number of hydrogen-bond acceptors (Lipinski definition) is 9. The Labute approximate surface area is 251 Å². The second-order valence-corrected chi connectivity index (χ2v) is 11.1. The molecule has 0 amide bonds. The lowest BCUT2D eigenvalue weighted by atomic mass is 9.75. The largest absolute Gasteiger partial charge is 0.491 e. The van der Waals surface area contributed by atoms with E-state index in [1.165, 1.54) is 0 Å². The van der Waals surface area contributed by atoms with Crippen LogP contribution in [0, 0.1) is 11.3 Å². The van der Waals surface area contributed by atoms with E-state index in [0.717, 1.165) is 21.9 Å². The minimum Gasteiger partial charge on any atom is -0.491 e. The van der Waals surface area contributed by atoms with Crippen molar-refractivity contribution in [2.45, 2.75) is 37.9 Å². The maximum atomic E-state index is 12.9. The second-order valence-electron chi connectivity index (χ2n) is 11.1. The van der Waals surface area contributed by atoms with Gasteiger partial charge in [-0.3, -0.25) is 4.98 Å². The average Bonchev–Trinajstić information content (AvgIpc) is 3.48. The number of pyridine rings is 2. The van der Waals surface area contributed by atoms with Crippen LogP contribution in [-0.4, -0.2) is 60.4 Å². The van der Waals surface area contributed by atoms with Gasteiger partial charge in [-0.25, -0.2) is 0 Å². The lowest BCUT2D eigenvalue weighted by Gasteiger charge is -2.38. The highest BCUT2D eigenvalue weighted by molar-refractivity contribution is 5.82. The molecule has 1 N–H and O–H groups in total. The molecular formula is C34H36N4O5. The van der Waals surface area contributed by atoms with Crippen LogP contribution >= 0.6 is 0 Å². The summed E-state index contributed by atoms with van der Waals surface area (Å²) in [4.78, 5) is 11.0. The number of aliphatic hydroxyl groups is 1. The van der Waals surface area contributed by atoms with E-state index < -0.39 is 11.5 Å². The molecule has 0 bridgehead atoms. The number of aromatic nitrogens is 2. The van der Waals surface area contributed by atoms with Gasteiger partial charge in [0.1, 0.15) is 16.9 Å². The van der Waals surface area contributed by atoms with E-state index in [-0.39, 0.29) is 12.7 Å². The first kappa shape index (κ1) is 29.8. The van der Waals surface area contributed by atoms with Crippen molar-refractivity contribution >= 4 is 21.9 Å². The van der Waals surface area contributed by atoms with Crippen LogP contribution in [0.1, 0.15) is 42.9 Å². The van der Waals surface area contributed by atoms with E-state index in [0.29, 0.717) is 47.2 Å². The summed E-state index contributed by atoms with van der Waals surface area (Å²) in [6, 6.07) is 20.7. The zero-order valence-corrected chi connectivity index (χ0v) is 25.1. The number of para-hydroxylation sites is 1. The van der Waals surface area contributed by atoms with Crippen LogP contribution in [0.3, 0.4) is 0 Å². The first-order valence-corrected chi connectivity index (χ1v) is 14.2. The van der Waals surface area contributed by atoms with E-state index >= 15 is 0 Å². The van der Waals surface area contributed by atoms with Crippen molar-refractivity contribution in [3.05, 3.63) is 89.8 Å². The molecule has 0 aliphatic heterocycles. The minimum atomic E-state index is -1.44. The van der Waals surface area contributed by atoms with Gasteiger partial charge in [0.2, 0.25) is 11.8 Å². The lowest BCUT2D eigenvalue weighted by molar-refractivity contribution is -0.0201. The van der Waals surface area contributed by atoms with Gasteiger partial charge in [0.05, 0.1) is 55.3 Å². The van der Waals surface area contributed by atoms with Crippen LogP contribution < -0.4 is 14.2 Å². The smallest absolute Gasteiger partial charge is 0.217 e. The zero-order chi connectivity index (χ0) is 30.6. The Bertz CT molecular complexity index is 1760. The molecule has 0 spiro atoms. The third-order valence-electron chi connectivity index (χ3n) is 7.43. The highest BCUT2D eigenvalue weighted by Gasteiger charge is 2.42. The molecule has 222 valence electrons. The molecule has 0 radical (unpaired) electrons. The summed E-state index contributed by atoms with van der Waals surface area (Å²) in [5.74, 6) is 0.645. The molecule has 2 unspecified atom stereocenters. The Morgan fingerprint density at radius 3 is 2.60 bits per heavy atom. The van der Waals surface area contributed by atoms with Crippen molar-refractivity contribution in [2.75, 3.05) is 34.4 Å². The fourth-order valence-electron chi connectivity index (χ4n) is 5.28. The molecule has 5 rings (SSSR count). The van der Waals surface area contributed by atoms with E-state index in [4.69, 9.17) is 18.6 Å². The van der Waals surface area contributed by atoms with E-state index in [1.54, 1.807) is 31.7 Å². The van der Waals surface area contributed by atoms with Gasteiger partial charge in [-0.15, -0.1) is 0 Å². The zero-order valence-electron chi connectivity index (χ0n) is 25.1. The fourth-order valence-corrected chi connectivity index (χ4v) is 5.28. The molecule has 0 saturated carbocycles. The fraction of sp³-hybridized carbons (Fsp3) is 0.324. The third-order valence-corrected chi connectivity index (χ3v) is 7.43. The molecule has 9 nitrogen and oxygen atoms in total. The molecule has 5 aromatic rings. The lowest BCUT2D eigenvalue weighted by Crippen LogP contribution is -2.40. The quantitative estimate of drug-likeness (QED) is 0.188. The molecule has 3 heterocycles. The van der Waals surface area contributed by atoms with Crippen molar-refractivity contribution in [3.8, 4) is 23.6 Å². The number of fused-ring (bicyclic) bond motifs is 2. The Hall–Kier alpha value is -4.65. The summed E-state index contributed by atoms with van der Waals surface area (Å²) in [7, 11) is 5.49. The van der Waals surface area contributed by atoms with Crippen LogP contribution in [0.4, 0.5) is 0 Å². The van der Waals surface area contributed by atoms with Crippen LogP contribution in [0.5, 0.6) is 17.5 Å². The molecule has 43 heavy (non-hydrogen) atoms. The van der Waals surface area contributed by atoms with Gasteiger partial charge < -0.3 is 28.6 Å². The van der Waals surface area contributed by atoms with Gasteiger partial charge in [0.15, 0.2) is 0 Å². The molecule has 3 aromatic heterocycles. The first-order valence-electron chi connectivity index (χ1n) is 14.2. The normalized spacial score (nSPS) is 13.7. The molecule has 2 atom stereocenters. The number of furan rings is 1. The summed E-state index contributed by atoms with van der Waals surface area (Å²) in [6.07, 6.45) is 3.54. The average molecular weight is 581 g/mol. The topological polar surface area (TPSA) is 114 Å². The van der Waals surface area contributed by atoms with Crippen LogP contribution in [0.15, 0.2) is 77.5 Å². The van der Waals surface area contributed by atoms with E-state index in [2.05, 4.69) is 16.0 Å². The highest BCUT2D eigenvalue weighted by Crippen LogP contribution is 2.44. The molecule has 0 aliphatic rings.